The Kier molecular flexibility index (Phi) is 2.87. The van der Waals surface area contributed by atoms with Gasteiger partial charge in [0.25, 0.3) is 0 Å². The van der Waals surface area contributed by atoms with Gasteiger partial charge in [0.1, 0.15) is 0 Å². The number of hydrogen-bond acceptors (Lipinski definition) is 3. The number of hydrogen-bond donors (Lipinski definition) is 2. The van der Waals surface area contributed by atoms with Crippen LogP contribution in [0.5, 0.6) is 0 Å². The molecule has 1 rings (SSSR count). The molecule has 1 aliphatic heterocycles. The molecule has 3 nitrogen and oxygen atoms in total. The molecule has 0 amide bonds. The van der Waals surface area contributed by atoms with Crippen LogP contribution in [0.1, 0.15) is 19.8 Å². The van der Waals surface area contributed by atoms with Crippen molar-refractivity contribution in [1.82, 2.24) is 0 Å². The first-order chi connectivity index (χ1) is 5.22. The molecule has 3 heteroatoms. The lowest BCUT2D eigenvalue weighted by Gasteiger charge is -2.37. The average Bonchev–Trinajstić information content (AvgIpc) is 2.04. The number of rotatable bonds is 2. The molecular formula is C8H17NO2. The van der Waals surface area contributed by atoms with Gasteiger partial charge < -0.3 is 15.6 Å². The summed E-state index contributed by atoms with van der Waals surface area (Å²) in [6, 6.07) is 0. The van der Waals surface area contributed by atoms with Crippen LogP contribution in [0.2, 0.25) is 0 Å². The summed E-state index contributed by atoms with van der Waals surface area (Å²) >= 11 is 0. The van der Waals surface area contributed by atoms with E-state index in [9.17, 15) is 0 Å². The minimum absolute atomic E-state index is 0.0579. The Balaban J connectivity index is 2.52. The average molecular weight is 159 g/mol. The summed E-state index contributed by atoms with van der Waals surface area (Å²) in [6.45, 7) is 3.52. The molecule has 0 aromatic rings. The zero-order valence-corrected chi connectivity index (χ0v) is 7.05. The van der Waals surface area contributed by atoms with Crippen molar-refractivity contribution < 1.29 is 9.84 Å². The quantitative estimate of drug-likeness (QED) is 0.602. The molecule has 0 saturated carbocycles. The molecule has 0 aromatic carbocycles. The van der Waals surface area contributed by atoms with Crippen LogP contribution in [0.3, 0.4) is 0 Å². The van der Waals surface area contributed by atoms with Crippen molar-refractivity contribution in [3.05, 3.63) is 0 Å². The number of nitrogens with two attached hydrogens (primary N) is 1. The largest absolute Gasteiger partial charge is 0.396 e. The third-order valence-electron chi connectivity index (χ3n) is 2.52. The van der Waals surface area contributed by atoms with Crippen molar-refractivity contribution in [3.63, 3.8) is 0 Å². The monoisotopic (exact) mass is 159 g/mol. The molecule has 0 aliphatic carbocycles. The SMILES string of the molecule is C[C@@H]1C[C@](CN)(CO)CCO1. The van der Waals surface area contributed by atoms with Crippen molar-refractivity contribution in [1.29, 1.82) is 0 Å². The van der Waals surface area contributed by atoms with Crippen molar-refractivity contribution in [3.8, 4) is 0 Å². The maximum Gasteiger partial charge on any atom is 0.0553 e. The molecular weight excluding hydrogens is 142 g/mol. The van der Waals surface area contributed by atoms with E-state index >= 15 is 0 Å². The third-order valence-corrected chi connectivity index (χ3v) is 2.52. The Hall–Kier alpha value is -0.120. The van der Waals surface area contributed by atoms with Crippen LogP contribution in [0.25, 0.3) is 0 Å². The van der Waals surface area contributed by atoms with E-state index < -0.39 is 0 Å². The second kappa shape index (κ2) is 3.52. The first-order valence-electron chi connectivity index (χ1n) is 4.15. The van der Waals surface area contributed by atoms with Crippen LogP contribution >= 0.6 is 0 Å². The van der Waals surface area contributed by atoms with Crippen LogP contribution in [-0.2, 0) is 4.74 Å². The summed E-state index contributed by atoms with van der Waals surface area (Å²) in [4.78, 5) is 0. The Morgan fingerprint density at radius 1 is 1.73 bits per heavy atom. The first kappa shape index (κ1) is 8.97. The molecule has 1 aliphatic rings. The second-order valence-electron chi connectivity index (χ2n) is 3.50. The lowest BCUT2D eigenvalue weighted by Crippen LogP contribution is -2.42. The molecule has 0 unspecified atom stereocenters. The lowest BCUT2D eigenvalue weighted by atomic mass is 9.79. The van der Waals surface area contributed by atoms with Gasteiger partial charge in [0.05, 0.1) is 12.7 Å². The van der Waals surface area contributed by atoms with Crippen molar-refractivity contribution >= 4 is 0 Å². The van der Waals surface area contributed by atoms with E-state index in [4.69, 9.17) is 15.6 Å². The highest BCUT2D eigenvalue weighted by Gasteiger charge is 2.33. The molecule has 1 fully saturated rings. The maximum atomic E-state index is 9.12. The highest BCUT2D eigenvalue weighted by atomic mass is 16.5. The highest BCUT2D eigenvalue weighted by molar-refractivity contribution is 4.84. The minimum atomic E-state index is -0.0579. The molecule has 3 N–H and O–H groups in total. The maximum absolute atomic E-state index is 9.12. The van der Waals surface area contributed by atoms with Crippen LogP contribution in [0, 0.1) is 5.41 Å². The van der Waals surface area contributed by atoms with Gasteiger partial charge in [-0.25, -0.2) is 0 Å². The van der Waals surface area contributed by atoms with Gasteiger partial charge in [0.2, 0.25) is 0 Å². The number of aliphatic hydroxyl groups is 1. The predicted octanol–water partition coefficient (Wildman–Crippen LogP) is 0.123. The van der Waals surface area contributed by atoms with Crippen molar-refractivity contribution in [2.45, 2.75) is 25.9 Å². The Bertz CT molecular complexity index is 123. The standard InChI is InChI=1S/C8H17NO2/c1-7-4-8(5-9,6-10)2-3-11-7/h7,10H,2-6,9H2,1H3/t7-,8-/m1/s1. The molecule has 66 valence electrons. The zero-order chi connectivity index (χ0) is 8.32. The van der Waals surface area contributed by atoms with E-state index in [1.165, 1.54) is 0 Å². The first-order valence-corrected chi connectivity index (χ1v) is 4.15. The van der Waals surface area contributed by atoms with Crippen molar-refractivity contribution in [2.75, 3.05) is 19.8 Å². The summed E-state index contributed by atoms with van der Waals surface area (Å²) in [5, 5.41) is 9.12. The molecule has 0 spiro atoms. The second-order valence-corrected chi connectivity index (χ2v) is 3.50. The van der Waals surface area contributed by atoms with Gasteiger partial charge in [-0.3, -0.25) is 0 Å². The van der Waals surface area contributed by atoms with E-state index in [0.717, 1.165) is 19.4 Å². The molecule has 0 radical (unpaired) electrons. The minimum Gasteiger partial charge on any atom is -0.396 e. The Morgan fingerprint density at radius 2 is 2.45 bits per heavy atom. The molecule has 11 heavy (non-hydrogen) atoms. The van der Waals surface area contributed by atoms with Gasteiger partial charge in [-0.05, 0) is 19.8 Å². The normalized spacial score (nSPS) is 39.0. The van der Waals surface area contributed by atoms with Crippen molar-refractivity contribution in [2.24, 2.45) is 11.1 Å². The lowest BCUT2D eigenvalue weighted by molar-refractivity contribution is -0.0557. The number of aliphatic hydroxyl groups excluding tert-OH is 1. The fourth-order valence-electron chi connectivity index (χ4n) is 1.64. The van der Waals surface area contributed by atoms with E-state index in [0.29, 0.717) is 6.54 Å². The predicted molar refractivity (Wildman–Crippen MR) is 43.2 cm³/mol. The molecule has 1 heterocycles. The highest BCUT2D eigenvalue weighted by Crippen LogP contribution is 2.31. The number of ether oxygens (including phenoxy) is 1. The summed E-state index contributed by atoms with van der Waals surface area (Å²) in [7, 11) is 0. The third kappa shape index (κ3) is 1.92. The molecule has 1 saturated heterocycles. The van der Waals surface area contributed by atoms with Gasteiger partial charge in [0, 0.05) is 18.6 Å². The van der Waals surface area contributed by atoms with Crippen LogP contribution in [-0.4, -0.2) is 31.0 Å². The topological polar surface area (TPSA) is 55.5 Å². The van der Waals surface area contributed by atoms with Gasteiger partial charge in [-0.1, -0.05) is 0 Å². The smallest absolute Gasteiger partial charge is 0.0553 e. The summed E-state index contributed by atoms with van der Waals surface area (Å²) < 4.78 is 5.37. The van der Waals surface area contributed by atoms with Gasteiger partial charge >= 0.3 is 0 Å². The van der Waals surface area contributed by atoms with Crippen LogP contribution in [0.15, 0.2) is 0 Å². The zero-order valence-electron chi connectivity index (χ0n) is 7.05. The molecule has 0 bridgehead atoms. The van der Waals surface area contributed by atoms with E-state index in [1.807, 2.05) is 6.92 Å². The van der Waals surface area contributed by atoms with Gasteiger partial charge in [-0.2, -0.15) is 0 Å². The molecule has 0 aromatic heterocycles. The Morgan fingerprint density at radius 3 is 2.82 bits per heavy atom. The fraction of sp³-hybridized carbons (Fsp3) is 1.00. The fourth-order valence-corrected chi connectivity index (χ4v) is 1.64. The summed E-state index contributed by atoms with van der Waals surface area (Å²) in [5.41, 5.74) is 5.54. The summed E-state index contributed by atoms with van der Waals surface area (Å²) in [6.07, 6.45) is 2.03. The van der Waals surface area contributed by atoms with E-state index in [-0.39, 0.29) is 18.1 Å². The summed E-state index contributed by atoms with van der Waals surface area (Å²) in [5.74, 6) is 0. The van der Waals surface area contributed by atoms with Crippen LogP contribution in [0.4, 0.5) is 0 Å². The van der Waals surface area contributed by atoms with Gasteiger partial charge in [0.15, 0.2) is 0 Å². The van der Waals surface area contributed by atoms with E-state index in [1.54, 1.807) is 0 Å². The molecule has 2 atom stereocenters. The Labute approximate surface area is 67.5 Å². The van der Waals surface area contributed by atoms with Crippen LogP contribution < -0.4 is 5.73 Å². The van der Waals surface area contributed by atoms with Gasteiger partial charge in [-0.15, -0.1) is 0 Å². The van der Waals surface area contributed by atoms with E-state index in [2.05, 4.69) is 0 Å².